The molecule has 0 spiro atoms. The van der Waals surface area contributed by atoms with E-state index in [-0.39, 0.29) is 16.5 Å². The molecular weight excluding hydrogens is 472 g/mol. The van der Waals surface area contributed by atoms with E-state index in [1.165, 1.54) is 0 Å². The molecule has 1 amide bonds. The maximum absolute atomic E-state index is 12.9. The van der Waals surface area contributed by atoms with Crippen molar-refractivity contribution in [1.82, 2.24) is 14.8 Å². The van der Waals surface area contributed by atoms with E-state index in [0.29, 0.717) is 28.1 Å². The van der Waals surface area contributed by atoms with Gasteiger partial charge in [-0.05, 0) is 30.3 Å². The summed E-state index contributed by atoms with van der Waals surface area (Å²) in [6.45, 7) is 4.09. The summed E-state index contributed by atoms with van der Waals surface area (Å²) in [7, 11) is 0. The first-order chi connectivity index (χ1) is 14.7. The summed E-state index contributed by atoms with van der Waals surface area (Å²) in [4.78, 5) is 12.3. The Labute approximate surface area is 190 Å². The fourth-order valence-corrected chi connectivity index (χ4v) is 3.78. The molecule has 2 aromatic carbocycles. The zero-order valence-electron chi connectivity index (χ0n) is 15.8. The molecule has 0 bridgehead atoms. The summed E-state index contributed by atoms with van der Waals surface area (Å²) in [5, 5.41) is 11.6. The third-order valence-corrected chi connectivity index (χ3v) is 5.67. The first-order valence-corrected chi connectivity index (χ1v) is 10.5. The van der Waals surface area contributed by atoms with Gasteiger partial charge in [0.2, 0.25) is 5.91 Å². The zero-order chi connectivity index (χ0) is 22.6. The Balaban J connectivity index is 1.75. The second-order valence-corrected chi connectivity index (χ2v) is 7.97. The Bertz CT molecular complexity index is 1120. The fraction of sp³-hybridized carbons (Fsp3) is 0.150. The summed E-state index contributed by atoms with van der Waals surface area (Å²) < 4.78 is 40.4. The highest BCUT2D eigenvalue weighted by atomic mass is 35.5. The van der Waals surface area contributed by atoms with Gasteiger partial charge in [0.15, 0.2) is 11.0 Å². The van der Waals surface area contributed by atoms with Gasteiger partial charge in [0.1, 0.15) is 0 Å². The lowest BCUT2D eigenvalue weighted by Gasteiger charge is -2.12. The lowest BCUT2D eigenvalue weighted by atomic mass is 10.2. The number of hydrogen-bond donors (Lipinski definition) is 1. The molecule has 0 fully saturated rings. The number of thioether (sulfide) groups is 1. The topological polar surface area (TPSA) is 59.8 Å². The molecule has 0 radical (unpaired) electrons. The highest BCUT2D eigenvalue weighted by Crippen LogP contribution is 2.34. The van der Waals surface area contributed by atoms with Gasteiger partial charge in [0, 0.05) is 12.1 Å². The summed E-state index contributed by atoms with van der Waals surface area (Å²) in [5.41, 5.74) is -0.355. The number of benzene rings is 2. The van der Waals surface area contributed by atoms with Crippen LogP contribution < -0.4 is 5.32 Å². The molecule has 0 atom stereocenters. The maximum Gasteiger partial charge on any atom is 0.416 e. The molecule has 3 aromatic rings. The monoisotopic (exact) mass is 486 g/mol. The van der Waals surface area contributed by atoms with Crippen LogP contribution in [-0.4, -0.2) is 26.4 Å². The average molecular weight is 487 g/mol. The smallest absolute Gasteiger partial charge is 0.324 e. The maximum atomic E-state index is 12.9. The van der Waals surface area contributed by atoms with E-state index < -0.39 is 17.6 Å². The molecule has 1 heterocycles. The van der Waals surface area contributed by atoms with Crippen LogP contribution in [0.25, 0.3) is 11.4 Å². The number of rotatable bonds is 7. The van der Waals surface area contributed by atoms with Gasteiger partial charge in [0.05, 0.1) is 27.0 Å². The van der Waals surface area contributed by atoms with E-state index in [9.17, 15) is 18.0 Å². The van der Waals surface area contributed by atoms with Crippen molar-refractivity contribution >= 4 is 46.6 Å². The zero-order valence-corrected chi connectivity index (χ0v) is 18.1. The number of hydrogen-bond acceptors (Lipinski definition) is 4. The van der Waals surface area contributed by atoms with Gasteiger partial charge in [-0.3, -0.25) is 9.36 Å². The molecule has 5 nitrogen and oxygen atoms in total. The Hall–Kier alpha value is -2.49. The Morgan fingerprint density at radius 2 is 1.90 bits per heavy atom. The molecule has 0 aliphatic rings. The number of nitrogens with zero attached hydrogens (tertiary/aromatic N) is 3. The highest BCUT2D eigenvalue weighted by Gasteiger charge is 2.31. The molecule has 1 N–H and O–H groups in total. The summed E-state index contributed by atoms with van der Waals surface area (Å²) in [6, 6.07) is 9.85. The molecule has 1 aromatic heterocycles. The number of nitrogens with one attached hydrogen (secondary N) is 1. The number of halogens is 5. The van der Waals surface area contributed by atoms with E-state index in [1.807, 2.05) is 6.07 Å². The standard InChI is InChI=1S/C20H15Cl2F3N4OS/c1-2-9-29-18(13-5-3-4-6-14(13)21)27-28-19(29)31-11-17(30)26-16-10-12(20(23,24)25)7-8-15(16)22/h2-8,10H,1,9,11H2,(H,26,30). The SMILES string of the molecule is C=CCn1c(SCC(=O)Nc2cc(C(F)(F)F)ccc2Cl)nnc1-c1ccccc1Cl. The van der Waals surface area contributed by atoms with Crippen LogP contribution in [0.4, 0.5) is 18.9 Å². The third kappa shape index (κ3) is 5.61. The van der Waals surface area contributed by atoms with Gasteiger partial charge in [-0.2, -0.15) is 13.2 Å². The van der Waals surface area contributed by atoms with Crippen molar-refractivity contribution in [2.75, 3.05) is 11.1 Å². The Kier molecular flexibility index (Phi) is 7.30. The molecule has 3 rings (SSSR count). The average Bonchev–Trinajstić information content (AvgIpc) is 3.10. The normalized spacial score (nSPS) is 11.4. The van der Waals surface area contributed by atoms with Crippen molar-refractivity contribution in [3.63, 3.8) is 0 Å². The van der Waals surface area contributed by atoms with Crippen molar-refractivity contribution < 1.29 is 18.0 Å². The number of carbonyl (C=O) groups excluding carboxylic acids is 1. The molecule has 0 unspecified atom stereocenters. The number of aromatic nitrogens is 3. The molecule has 0 aliphatic heterocycles. The van der Waals surface area contributed by atoms with Crippen LogP contribution in [0.3, 0.4) is 0 Å². The Morgan fingerprint density at radius 1 is 1.16 bits per heavy atom. The van der Waals surface area contributed by atoms with E-state index in [1.54, 1.807) is 28.8 Å². The quantitative estimate of drug-likeness (QED) is 0.319. The lowest BCUT2D eigenvalue weighted by Crippen LogP contribution is -2.16. The molecule has 31 heavy (non-hydrogen) atoms. The molecule has 0 saturated heterocycles. The van der Waals surface area contributed by atoms with Gasteiger partial charge in [-0.1, -0.05) is 53.2 Å². The van der Waals surface area contributed by atoms with Crippen LogP contribution in [-0.2, 0) is 17.5 Å². The van der Waals surface area contributed by atoms with E-state index in [2.05, 4.69) is 22.1 Å². The summed E-state index contributed by atoms with van der Waals surface area (Å²) in [6.07, 6.45) is -2.90. The summed E-state index contributed by atoms with van der Waals surface area (Å²) >= 11 is 13.2. The predicted octanol–water partition coefficient (Wildman–Crippen LogP) is 6.19. The minimum Gasteiger partial charge on any atom is -0.324 e. The molecular formula is C20H15Cl2F3N4OS. The molecule has 0 saturated carbocycles. The molecule has 11 heteroatoms. The largest absolute Gasteiger partial charge is 0.416 e. The lowest BCUT2D eigenvalue weighted by molar-refractivity contribution is -0.137. The van der Waals surface area contributed by atoms with Gasteiger partial charge < -0.3 is 5.32 Å². The first-order valence-electron chi connectivity index (χ1n) is 8.79. The van der Waals surface area contributed by atoms with E-state index in [0.717, 1.165) is 30.0 Å². The summed E-state index contributed by atoms with van der Waals surface area (Å²) in [5.74, 6) is -0.155. The van der Waals surface area contributed by atoms with Crippen LogP contribution in [0.1, 0.15) is 5.56 Å². The second kappa shape index (κ2) is 9.76. The van der Waals surface area contributed by atoms with Crippen LogP contribution in [0.2, 0.25) is 10.0 Å². The first kappa shape index (κ1) is 23.2. The van der Waals surface area contributed by atoms with Crippen LogP contribution in [0.5, 0.6) is 0 Å². The second-order valence-electron chi connectivity index (χ2n) is 6.21. The number of alkyl halides is 3. The van der Waals surface area contributed by atoms with Crippen LogP contribution in [0, 0.1) is 0 Å². The predicted molar refractivity (Wildman–Crippen MR) is 116 cm³/mol. The van der Waals surface area contributed by atoms with E-state index >= 15 is 0 Å². The van der Waals surface area contributed by atoms with Gasteiger partial charge in [-0.15, -0.1) is 16.8 Å². The van der Waals surface area contributed by atoms with Crippen molar-refractivity contribution in [1.29, 1.82) is 0 Å². The molecule has 0 aliphatic carbocycles. The van der Waals surface area contributed by atoms with Gasteiger partial charge >= 0.3 is 6.18 Å². The van der Waals surface area contributed by atoms with Crippen molar-refractivity contribution in [2.45, 2.75) is 17.9 Å². The fourth-order valence-electron chi connectivity index (χ4n) is 2.64. The van der Waals surface area contributed by atoms with Gasteiger partial charge in [0.25, 0.3) is 0 Å². The van der Waals surface area contributed by atoms with Crippen LogP contribution in [0.15, 0.2) is 60.3 Å². The third-order valence-electron chi connectivity index (χ3n) is 4.04. The number of carbonyl (C=O) groups is 1. The number of allylic oxidation sites excluding steroid dienone is 1. The van der Waals surface area contributed by atoms with E-state index in [4.69, 9.17) is 23.2 Å². The highest BCUT2D eigenvalue weighted by molar-refractivity contribution is 7.99. The van der Waals surface area contributed by atoms with Crippen LogP contribution >= 0.6 is 35.0 Å². The number of anilines is 1. The van der Waals surface area contributed by atoms with Crippen molar-refractivity contribution in [3.8, 4) is 11.4 Å². The minimum absolute atomic E-state index is 0.00202. The van der Waals surface area contributed by atoms with Crippen molar-refractivity contribution in [3.05, 3.63) is 70.7 Å². The molecule has 162 valence electrons. The Morgan fingerprint density at radius 3 is 2.58 bits per heavy atom. The number of amides is 1. The van der Waals surface area contributed by atoms with Gasteiger partial charge in [-0.25, -0.2) is 0 Å². The van der Waals surface area contributed by atoms with Crippen molar-refractivity contribution in [2.24, 2.45) is 0 Å². The minimum atomic E-state index is -4.55.